The van der Waals surface area contributed by atoms with Crippen molar-refractivity contribution < 1.29 is 19.1 Å². The van der Waals surface area contributed by atoms with Crippen LogP contribution in [0.5, 0.6) is 0 Å². The van der Waals surface area contributed by atoms with Crippen molar-refractivity contribution in [2.75, 3.05) is 26.0 Å². The molecule has 0 aliphatic carbocycles. The third-order valence-electron chi connectivity index (χ3n) is 2.44. The highest BCUT2D eigenvalue weighted by Gasteiger charge is 2.08. The van der Waals surface area contributed by atoms with Gasteiger partial charge in [0.25, 0.3) is 5.91 Å². The molecule has 1 N–H and O–H groups in total. The maximum absolute atomic E-state index is 11.8. The van der Waals surface area contributed by atoms with Crippen LogP contribution >= 0.6 is 0 Å². The Hall–Kier alpha value is -2.63. The van der Waals surface area contributed by atoms with Crippen molar-refractivity contribution in [2.45, 2.75) is 6.92 Å². The molecule has 0 unspecified atom stereocenters. The second-order valence-electron chi connectivity index (χ2n) is 4.36. The molecular weight excluding hydrogens is 272 g/mol. The lowest BCUT2D eigenvalue weighted by Crippen LogP contribution is -2.21. The zero-order valence-electron chi connectivity index (χ0n) is 12.3. The molecule has 0 aromatic heterocycles. The number of ether oxygens (including phenoxy) is 1. The zero-order valence-corrected chi connectivity index (χ0v) is 12.3. The predicted molar refractivity (Wildman–Crippen MR) is 78.9 cm³/mol. The minimum absolute atomic E-state index is 0.159. The van der Waals surface area contributed by atoms with Crippen LogP contribution in [0, 0.1) is 0 Å². The smallest absolute Gasteiger partial charge is 0.330 e. The summed E-state index contributed by atoms with van der Waals surface area (Å²) in [6.45, 7) is 1.93. The molecule has 0 saturated carbocycles. The van der Waals surface area contributed by atoms with E-state index in [2.05, 4.69) is 10.1 Å². The minimum Gasteiger partial charge on any atom is -0.463 e. The molecule has 1 aromatic rings. The van der Waals surface area contributed by atoms with Gasteiger partial charge in [0.15, 0.2) is 0 Å². The van der Waals surface area contributed by atoms with E-state index in [9.17, 15) is 14.4 Å². The Balaban J connectivity index is 2.71. The van der Waals surface area contributed by atoms with Crippen molar-refractivity contribution in [2.24, 2.45) is 0 Å². The summed E-state index contributed by atoms with van der Waals surface area (Å²) in [5, 5.41) is 2.57. The number of carbonyl (C=O) groups is 3. The van der Waals surface area contributed by atoms with Gasteiger partial charge in [0.2, 0.25) is 5.91 Å². The molecule has 112 valence electrons. The average Bonchev–Trinajstić information content (AvgIpc) is 2.45. The van der Waals surface area contributed by atoms with Gasteiger partial charge in [-0.05, 0) is 25.1 Å². The summed E-state index contributed by atoms with van der Waals surface area (Å²) in [7, 11) is 3.30. The van der Waals surface area contributed by atoms with Crippen molar-refractivity contribution in [3.8, 4) is 0 Å². The van der Waals surface area contributed by atoms with Gasteiger partial charge in [0, 0.05) is 37.5 Å². The lowest BCUT2D eigenvalue weighted by Gasteiger charge is -2.11. The van der Waals surface area contributed by atoms with Crippen LogP contribution in [0.4, 0.5) is 5.69 Å². The maximum Gasteiger partial charge on any atom is 0.330 e. The first-order valence-electron chi connectivity index (χ1n) is 6.41. The van der Waals surface area contributed by atoms with E-state index in [-0.39, 0.29) is 12.5 Å². The summed E-state index contributed by atoms with van der Waals surface area (Å²) >= 11 is 0. The highest BCUT2D eigenvalue weighted by Crippen LogP contribution is 2.12. The van der Waals surface area contributed by atoms with Gasteiger partial charge < -0.3 is 15.0 Å². The average molecular weight is 290 g/mol. The van der Waals surface area contributed by atoms with Crippen LogP contribution < -0.4 is 5.32 Å². The number of hydrogen-bond acceptors (Lipinski definition) is 4. The summed E-state index contributed by atoms with van der Waals surface area (Å²) in [5.74, 6) is -1.21. The van der Waals surface area contributed by atoms with Gasteiger partial charge in [0.05, 0.1) is 6.61 Å². The molecule has 21 heavy (non-hydrogen) atoms. The Bertz CT molecular complexity index is 565. The van der Waals surface area contributed by atoms with E-state index in [4.69, 9.17) is 0 Å². The van der Waals surface area contributed by atoms with Crippen LogP contribution in [0.1, 0.15) is 17.3 Å². The van der Waals surface area contributed by atoms with Gasteiger partial charge in [-0.1, -0.05) is 6.07 Å². The fourth-order valence-electron chi connectivity index (χ4n) is 1.51. The molecule has 0 aliphatic heterocycles. The van der Waals surface area contributed by atoms with Gasteiger partial charge in [0.1, 0.15) is 0 Å². The van der Waals surface area contributed by atoms with E-state index < -0.39 is 11.9 Å². The Morgan fingerprint density at radius 3 is 2.57 bits per heavy atom. The summed E-state index contributed by atoms with van der Waals surface area (Å²) in [6, 6.07) is 6.55. The van der Waals surface area contributed by atoms with Crippen molar-refractivity contribution in [3.63, 3.8) is 0 Å². The molecule has 0 spiro atoms. The van der Waals surface area contributed by atoms with Crippen molar-refractivity contribution in [1.29, 1.82) is 0 Å². The highest BCUT2D eigenvalue weighted by atomic mass is 16.5. The van der Waals surface area contributed by atoms with E-state index in [0.29, 0.717) is 11.3 Å². The van der Waals surface area contributed by atoms with Gasteiger partial charge in [-0.2, -0.15) is 0 Å². The summed E-state index contributed by atoms with van der Waals surface area (Å²) in [4.78, 5) is 36.0. The van der Waals surface area contributed by atoms with Crippen LogP contribution in [0.15, 0.2) is 36.4 Å². The van der Waals surface area contributed by atoms with Crippen molar-refractivity contribution in [3.05, 3.63) is 42.0 Å². The zero-order chi connectivity index (χ0) is 15.8. The third kappa shape index (κ3) is 5.48. The van der Waals surface area contributed by atoms with Crippen molar-refractivity contribution in [1.82, 2.24) is 4.90 Å². The maximum atomic E-state index is 11.8. The van der Waals surface area contributed by atoms with E-state index >= 15 is 0 Å². The number of carbonyl (C=O) groups excluding carboxylic acids is 3. The first kappa shape index (κ1) is 16.4. The molecule has 6 nitrogen and oxygen atoms in total. The monoisotopic (exact) mass is 290 g/mol. The Kier molecular flexibility index (Phi) is 6.13. The Labute approximate surface area is 123 Å². The predicted octanol–water partition coefficient (Wildman–Crippen LogP) is 1.45. The van der Waals surface area contributed by atoms with Gasteiger partial charge in [-0.25, -0.2) is 4.79 Å². The van der Waals surface area contributed by atoms with Gasteiger partial charge in [-0.15, -0.1) is 0 Å². The fraction of sp³-hybridized carbons (Fsp3) is 0.267. The van der Waals surface area contributed by atoms with E-state index in [0.717, 1.165) is 12.2 Å². The van der Waals surface area contributed by atoms with Crippen molar-refractivity contribution >= 4 is 23.5 Å². The lowest BCUT2D eigenvalue weighted by molar-refractivity contribution is -0.137. The summed E-state index contributed by atoms with van der Waals surface area (Å²) < 4.78 is 4.66. The lowest BCUT2D eigenvalue weighted by atomic mass is 10.2. The van der Waals surface area contributed by atoms with E-state index in [1.165, 1.54) is 4.90 Å². The number of rotatable bonds is 5. The second kappa shape index (κ2) is 7.84. The SMILES string of the molecule is CCOC(=O)/C=C/C(=O)Nc1cccc(C(=O)N(C)C)c1. The number of nitrogens with one attached hydrogen (secondary N) is 1. The van der Waals surface area contributed by atoms with Gasteiger partial charge in [-0.3, -0.25) is 9.59 Å². The van der Waals surface area contributed by atoms with E-state index in [1.807, 2.05) is 0 Å². The topological polar surface area (TPSA) is 75.7 Å². The van der Waals surface area contributed by atoms with Gasteiger partial charge >= 0.3 is 5.97 Å². The summed E-state index contributed by atoms with van der Waals surface area (Å²) in [5.41, 5.74) is 0.938. The Morgan fingerprint density at radius 2 is 1.95 bits per heavy atom. The second-order valence-corrected chi connectivity index (χ2v) is 4.36. The van der Waals surface area contributed by atoms with Crippen LogP contribution in [0.25, 0.3) is 0 Å². The normalized spacial score (nSPS) is 10.2. The third-order valence-corrected chi connectivity index (χ3v) is 2.44. The van der Waals surface area contributed by atoms with Crippen LogP contribution in [0.3, 0.4) is 0 Å². The molecule has 0 radical (unpaired) electrons. The molecular formula is C15H18N2O4. The molecule has 0 heterocycles. The number of benzene rings is 1. The fourth-order valence-corrected chi connectivity index (χ4v) is 1.51. The molecule has 2 amide bonds. The first-order valence-corrected chi connectivity index (χ1v) is 6.41. The molecule has 1 aromatic carbocycles. The van der Waals surface area contributed by atoms with E-state index in [1.54, 1.807) is 45.3 Å². The molecule has 0 aliphatic rings. The molecule has 1 rings (SSSR count). The molecule has 0 saturated heterocycles. The highest BCUT2D eigenvalue weighted by molar-refractivity contribution is 6.03. The van der Waals surface area contributed by atoms with Crippen LogP contribution in [-0.4, -0.2) is 43.4 Å². The summed E-state index contributed by atoms with van der Waals surface area (Å²) in [6.07, 6.45) is 2.13. The molecule has 0 fully saturated rings. The molecule has 0 bridgehead atoms. The quantitative estimate of drug-likeness (QED) is 0.658. The minimum atomic E-state index is -0.579. The van der Waals surface area contributed by atoms with Crippen LogP contribution in [-0.2, 0) is 14.3 Å². The Morgan fingerprint density at radius 1 is 1.24 bits per heavy atom. The standard InChI is InChI=1S/C15H18N2O4/c1-4-21-14(19)9-8-13(18)16-12-7-5-6-11(10-12)15(20)17(2)3/h5-10H,4H2,1-3H3,(H,16,18)/b9-8+. The van der Waals surface area contributed by atoms with Crippen LogP contribution in [0.2, 0.25) is 0 Å². The first-order chi connectivity index (χ1) is 9.93. The largest absolute Gasteiger partial charge is 0.463 e. The number of amides is 2. The number of esters is 1. The molecule has 0 atom stereocenters. The number of hydrogen-bond donors (Lipinski definition) is 1. The number of anilines is 1. The number of nitrogens with zero attached hydrogens (tertiary/aromatic N) is 1. The molecule has 6 heteroatoms.